The van der Waals surface area contributed by atoms with Crippen molar-refractivity contribution in [1.29, 1.82) is 0 Å². The van der Waals surface area contributed by atoms with E-state index in [1.165, 1.54) is 0 Å². The van der Waals surface area contributed by atoms with E-state index in [1.54, 1.807) is 0 Å². The number of pyridine rings is 2. The molecule has 244 valence electrons. The molecule has 47 heavy (non-hydrogen) atoms. The van der Waals surface area contributed by atoms with Crippen LogP contribution >= 0.6 is 0 Å². The number of nitrogens with one attached hydrogen (secondary N) is 3. The monoisotopic (exact) mass is 629 g/mol. The number of ether oxygens (including phenoxy) is 2. The second-order valence-corrected chi connectivity index (χ2v) is 12.0. The maximum absolute atomic E-state index is 6.13. The first-order chi connectivity index (χ1) is 23.3. The standard InChI is InChI=1S/C40H47N5O2/c1-3-5-27-46-35-21-11-17-31-37(29-15-7-9-19-33(29)44-39(31)35)42-25-13-23-41-24-14-26-43-38-30-16-8-10-20-34(30)45-40-32(38)18-12-22-36(40)47-28-6-4-2/h7-12,15-22,41H,3-6,13-14,23-28H2,1-2H3,(H,42,44)(H,43,45). The topological polar surface area (TPSA) is 80.3 Å². The minimum atomic E-state index is 0.707. The predicted molar refractivity (Wildman–Crippen MR) is 198 cm³/mol. The Morgan fingerprint density at radius 1 is 0.489 bits per heavy atom. The first kappa shape index (κ1) is 32.3. The largest absolute Gasteiger partial charge is 0.491 e. The van der Waals surface area contributed by atoms with Crippen molar-refractivity contribution in [1.82, 2.24) is 15.3 Å². The van der Waals surface area contributed by atoms with E-state index in [4.69, 9.17) is 19.4 Å². The third-order valence-electron chi connectivity index (χ3n) is 8.52. The lowest BCUT2D eigenvalue weighted by atomic mass is 10.1. The molecule has 6 aromatic rings. The smallest absolute Gasteiger partial charge is 0.145 e. The molecule has 0 aliphatic carbocycles. The van der Waals surface area contributed by atoms with Crippen molar-refractivity contribution >= 4 is 55.0 Å². The van der Waals surface area contributed by atoms with Gasteiger partial charge in [0, 0.05) is 34.6 Å². The van der Waals surface area contributed by atoms with Crippen LogP contribution in [0.1, 0.15) is 52.4 Å². The zero-order valence-electron chi connectivity index (χ0n) is 27.8. The van der Waals surface area contributed by atoms with E-state index < -0.39 is 0 Å². The Hall–Kier alpha value is -4.62. The lowest BCUT2D eigenvalue weighted by Crippen LogP contribution is -2.21. The number of unbranched alkanes of at least 4 members (excludes halogenated alkanes) is 2. The SMILES string of the molecule is CCCCOc1cccc2c(NCCCNCCCNc3c4ccccc4nc4c(OCCCC)cccc34)c3ccccc3nc12. The molecule has 0 fully saturated rings. The minimum absolute atomic E-state index is 0.707. The number of hydrogen-bond acceptors (Lipinski definition) is 7. The summed E-state index contributed by atoms with van der Waals surface area (Å²) in [6, 6.07) is 29.2. The molecule has 0 amide bonds. The number of benzene rings is 4. The van der Waals surface area contributed by atoms with Crippen LogP contribution in [0.3, 0.4) is 0 Å². The minimum Gasteiger partial charge on any atom is -0.491 e. The summed E-state index contributed by atoms with van der Waals surface area (Å²) in [6.07, 6.45) is 6.30. The lowest BCUT2D eigenvalue weighted by molar-refractivity contribution is 0.312. The highest BCUT2D eigenvalue weighted by Crippen LogP contribution is 2.36. The van der Waals surface area contributed by atoms with Crippen molar-refractivity contribution in [3.63, 3.8) is 0 Å². The third-order valence-corrected chi connectivity index (χ3v) is 8.52. The molecule has 3 N–H and O–H groups in total. The normalized spacial score (nSPS) is 11.4. The Morgan fingerprint density at radius 2 is 0.936 bits per heavy atom. The Labute approximate surface area is 278 Å². The van der Waals surface area contributed by atoms with E-state index in [1.807, 2.05) is 24.3 Å². The molecule has 4 aromatic carbocycles. The van der Waals surface area contributed by atoms with Gasteiger partial charge in [-0.05, 0) is 63.0 Å². The fourth-order valence-corrected chi connectivity index (χ4v) is 6.02. The molecule has 7 nitrogen and oxygen atoms in total. The second kappa shape index (κ2) is 16.3. The molecule has 0 aliphatic heterocycles. The van der Waals surface area contributed by atoms with Gasteiger partial charge in [0.05, 0.1) is 35.6 Å². The first-order valence-electron chi connectivity index (χ1n) is 17.4. The summed E-state index contributed by atoms with van der Waals surface area (Å²) in [6.45, 7) is 9.39. The van der Waals surface area contributed by atoms with Gasteiger partial charge in [-0.1, -0.05) is 87.4 Å². The highest BCUT2D eigenvalue weighted by atomic mass is 16.5. The fraction of sp³-hybridized carbons (Fsp3) is 0.350. The first-order valence-corrected chi connectivity index (χ1v) is 17.4. The third kappa shape index (κ3) is 7.68. The molecule has 0 saturated carbocycles. The molecule has 0 spiro atoms. The number of para-hydroxylation sites is 4. The zero-order valence-corrected chi connectivity index (χ0v) is 27.8. The van der Waals surface area contributed by atoms with Gasteiger partial charge in [0.25, 0.3) is 0 Å². The average Bonchev–Trinajstić information content (AvgIpc) is 3.10. The van der Waals surface area contributed by atoms with Gasteiger partial charge in [-0.3, -0.25) is 0 Å². The van der Waals surface area contributed by atoms with Crippen LogP contribution in [0, 0.1) is 0 Å². The summed E-state index contributed by atoms with van der Waals surface area (Å²) in [4.78, 5) is 9.97. The lowest BCUT2D eigenvalue weighted by Gasteiger charge is -2.16. The van der Waals surface area contributed by atoms with Crippen LogP contribution in [0.25, 0.3) is 43.6 Å². The van der Waals surface area contributed by atoms with Gasteiger partial charge in [-0.15, -0.1) is 0 Å². The summed E-state index contributed by atoms with van der Waals surface area (Å²) < 4.78 is 12.3. The number of aromatic nitrogens is 2. The molecule has 2 aromatic heterocycles. The summed E-state index contributed by atoms with van der Waals surface area (Å²) in [7, 11) is 0. The number of nitrogens with zero attached hydrogens (tertiary/aromatic N) is 2. The molecule has 6 rings (SSSR count). The van der Waals surface area contributed by atoms with Gasteiger partial charge in [0.15, 0.2) is 0 Å². The maximum Gasteiger partial charge on any atom is 0.145 e. The average molecular weight is 630 g/mol. The number of anilines is 2. The van der Waals surface area contributed by atoms with Gasteiger partial charge in [-0.25, -0.2) is 9.97 Å². The Balaban J connectivity index is 1.03. The van der Waals surface area contributed by atoms with Gasteiger partial charge >= 0.3 is 0 Å². The van der Waals surface area contributed by atoms with E-state index in [9.17, 15) is 0 Å². The molecule has 0 unspecified atom stereocenters. The van der Waals surface area contributed by atoms with Crippen molar-refractivity contribution in [3.05, 3.63) is 84.9 Å². The molecule has 0 radical (unpaired) electrons. The van der Waals surface area contributed by atoms with E-state index in [-0.39, 0.29) is 0 Å². The summed E-state index contributed by atoms with van der Waals surface area (Å²) in [5.74, 6) is 1.71. The van der Waals surface area contributed by atoms with Crippen LogP contribution in [-0.4, -0.2) is 49.4 Å². The molecule has 0 saturated heterocycles. The maximum atomic E-state index is 6.13. The quantitative estimate of drug-likeness (QED) is 0.0646. The Bertz CT molecular complexity index is 1790. The van der Waals surface area contributed by atoms with Crippen LogP contribution in [0.2, 0.25) is 0 Å². The van der Waals surface area contributed by atoms with Crippen molar-refractivity contribution in [3.8, 4) is 11.5 Å². The van der Waals surface area contributed by atoms with Crippen LogP contribution in [-0.2, 0) is 0 Å². The molecule has 0 aliphatic rings. The molecule has 0 atom stereocenters. The van der Waals surface area contributed by atoms with Crippen LogP contribution in [0.5, 0.6) is 11.5 Å². The van der Waals surface area contributed by atoms with Gasteiger partial charge in [-0.2, -0.15) is 0 Å². The summed E-state index contributed by atoms with van der Waals surface area (Å²) >= 11 is 0. The van der Waals surface area contributed by atoms with Crippen LogP contribution in [0.15, 0.2) is 84.9 Å². The van der Waals surface area contributed by atoms with Gasteiger partial charge < -0.3 is 25.4 Å². The summed E-state index contributed by atoms with van der Waals surface area (Å²) in [5.41, 5.74) is 6.07. The van der Waals surface area contributed by atoms with Crippen molar-refractivity contribution in [2.24, 2.45) is 0 Å². The van der Waals surface area contributed by atoms with Crippen LogP contribution in [0.4, 0.5) is 11.4 Å². The van der Waals surface area contributed by atoms with Crippen molar-refractivity contribution in [2.45, 2.75) is 52.4 Å². The molecular formula is C40H47N5O2. The summed E-state index contributed by atoms with van der Waals surface area (Å²) in [5, 5.41) is 15.6. The van der Waals surface area contributed by atoms with Crippen molar-refractivity contribution in [2.75, 3.05) is 50.0 Å². The van der Waals surface area contributed by atoms with Crippen LogP contribution < -0.4 is 25.4 Å². The van der Waals surface area contributed by atoms with E-state index in [0.29, 0.717) is 13.2 Å². The Morgan fingerprint density at radius 3 is 1.40 bits per heavy atom. The van der Waals surface area contributed by atoms with E-state index in [0.717, 1.165) is 131 Å². The number of rotatable bonds is 18. The predicted octanol–water partition coefficient (Wildman–Crippen LogP) is 9.34. The molecular weight excluding hydrogens is 582 g/mol. The van der Waals surface area contributed by atoms with Crippen molar-refractivity contribution < 1.29 is 9.47 Å². The Kier molecular flexibility index (Phi) is 11.2. The van der Waals surface area contributed by atoms with E-state index in [2.05, 4.69) is 90.5 Å². The highest BCUT2D eigenvalue weighted by molar-refractivity contribution is 6.10. The molecule has 7 heteroatoms. The zero-order chi connectivity index (χ0) is 32.3. The highest BCUT2D eigenvalue weighted by Gasteiger charge is 2.14. The number of hydrogen-bond donors (Lipinski definition) is 3. The van der Waals surface area contributed by atoms with Gasteiger partial charge in [0.1, 0.15) is 22.5 Å². The second-order valence-electron chi connectivity index (χ2n) is 12.0. The molecule has 0 bridgehead atoms. The van der Waals surface area contributed by atoms with E-state index >= 15 is 0 Å². The molecule has 2 heterocycles. The fourth-order valence-electron chi connectivity index (χ4n) is 6.02. The van der Waals surface area contributed by atoms with Gasteiger partial charge in [0.2, 0.25) is 0 Å². The number of fused-ring (bicyclic) bond motifs is 4.